The van der Waals surface area contributed by atoms with Crippen molar-refractivity contribution in [2.24, 2.45) is 0 Å². The first-order chi connectivity index (χ1) is 13.2. The molecule has 1 aliphatic rings. The van der Waals surface area contributed by atoms with Gasteiger partial charge in [0.2, 0.25) is 5.72 Å². The van der Waals surface area contributed by atoms with Crippen LogP contribution in [0.5, 0.6) is 5.75 Å². The van der Waals surface area contributed by atoms with Crippen LogP contribution in [0.25, 0.3) is 5.57 Å². The maximum Gasteiger partial charge on any atom is 0.210 e. The van der Waals surface area contributed by atoms with Crippen LogP contribution in [0, 0.1) is 11.8 Å². The average molecular weight is 351 g/mol. The lowest BCUT2D eigenvalue weighted by atomic mass is 9.86. The first-order valence-electron chi connectivity index (χ1n) is 9.06. The Morgan fingerprint density at radius 1 is 0.778 bits per heavy atom. The van der Waals surface area contributed by atoms with Crippen molar-refractivity contribution in [1.82, 2.24) is 5.32 Å². The van der Waals surface area contributed by atoms with Gasteiger partial charge in [0.1, 0.15) is 5.75 Å². The van der Waals surface area contributed by atoms with E-state index in [4.69, 9.17) is 4.74 Å². The van der Waals surface area contributed by atoms with E-state index in [0.29, 0.717) is 0 Å². The molecule has 0 aliphatic carbocycles. The van der Waals surface area contributed by atoms with Gasteiger partial charge >= 0.3 is 0 Å². The van der Waals surface area contributed by atoms with Crippen molar-refractivity contribution in [2.45, 2.75) is 12.6 Å². The van der Waals surface area contributed by atoms with Gasteiger partial charge < -0.3 is 4.74 Å². The van der Waals surface area contributed by atoms with E-state index in [2.05, 4.69) is 42.3 Å². The van der Waals surface area contributed by atoms with Crippen molar-refractivity contribution in [3.63, 3.8) is 0 Å². The molecule has 2 nitrogen and oxygen atoms in total. The quantitative estimate of drug-likeness (QED) is 0.658. The lowest BCUT2D eigenvalue weighted by Crippen LogP contribution is -2.48. The van der Waals surface area contributed by atoms with Crippen LogP contribution in [0.4, 0.5) is 0 Å². The molecule has 1 heterocycles. The van der Waals surface area contributed by atoms with E-state index in [1.807, 2.05) is 73.8 Å². The van der Waals surface area contributed by atoms with Crippen LogP contribution in [0.3, 0.4) is 0 Å². The molecule has 0 saturated carbocycles. The molecular weight excluding hydrogens is 330 g/mol. The zero-order valence-electron chi connectivity index (χ0n) is 15.5. The summed E-state index contributed by atoms with van der Waals surface area (Å²) < 4.78 is 6.51. The van der Waals surface area contributed by atoms with E-state index < -0.39 is 5.72 Å². The molecule has 0 spiro atoms. The van der Waals surface area contributed by atoms with Gasteiger partial charge in [0.25, 0.3) is 0 Å². The molecule has 4 rings (SSSR count). The third-order valence-electron chi connectivity index (χ3n) is 4.96. The van der Waals surface area contributed by atoms with Crippen molar-refractivity contribution < 1.29 is 4.74 Å². The van der Waals surface area contributed by atoms with Gasteiger partial charge in [-0.05, 0) is 38.2 Å². The summed E-state index contributed by atoms with van der Waals surface area (Å²) in [6, 6.07) is 28.4. The minimum atomic E-state index is -0.740. The van der Waals surface area contributed by atoms with Gasteiger partial charge in [-0.15, -0.1) is 0 Å². The zero-order chi connectivity index (χ0) is 18.7. The first-order valence-corrected chi connectivity index (χ1v) is 9.06. The summed E-state index contributed by atoms with van der Waals surface area (Å²) in [4.78, 5) is 0. The number of hydrogen-bond donors (Lipinski definition) is 1. The molecule has 3 aromatic carbocycles. The Kier molecular flexibility index (Phi) is 4.54. The number of hydrogen-bond acceptors (Lipinski definition) is 2. The number of likely N-dealkylation sites (N-methyl/N-ethyl adjacent to an activating group) is 1. The van der Waals surface area contributed by atoms with Gasteiger partial charge in [-0.25, -0.2) is 0 Å². The van der Waals surface area contributed by atoms with Gasteiger partial charge in [0.15, 0.2) is 0 Å². The average Bonchev–Trinajstić information content (AvgIpc) is 2.74. The van der Waals surface area contributed by atoms with Crippen molar-refractivity contribution in [3.05, 3.63) is 107 Å². The summed E-state index contributed by atoms with van der Waals surface area (Å²) in [7, 11) is 1.92. The van der Waals surface area contributed by atoms with Crippen LogP contribution in [0.2, 0.25) is 0 Å². The second kappa shape index (κ2) is 7.15. The molecule has 0 amide bonds. The fourth-order valence-corrected chi connectivity index (χ4v) is 3.53. The van der Waals surface area contributed by atoms with Gasteiger partial charge in [0, 0.05) is 27.8 Å². The molecule has 0 fully saturated rings. The number of fused-ring (bicyclic) bond motifs is 1. The Morgan fingerprint density at radius 3 is 2.11 bits per heavy atom. The number of benzene rings is 3. The van der Waals surface area contributed by atoms with Crippen LogP contribution in [0.15, 0.2) is 90.5 Å². The molecule has 1 N–H and O–H groups in total. The second-order valence-corrected chi connectivity index (χ2v) is 6.51. The molecule has 3 aromatic rings. The van der Waals surface area contributed by atoms with Crippen LogP contribution in [0.1, 0.15) is 23.6 Å². The van der Waals surface area contributed by atoms with E-state index in [0.717, 1.165) is 33.6 Å². The summed E-state index contributed by atoms with van der Waals surface area (Å²) in [6.07, 6.45) is 0. The number of ether oxygens (including phenoxy) is 1. The lowest BCUT2D eigenvalue weighted by Gasteiger charge is -2.40. The normalized spacial score (nSPS) is 18.1. The Hall–Kier alpha value is -3.28. The van der Waals surface area contributed by atoms with Crippen LogP contribution < -0.4 is 10.1 Å². The third-order valence-corrected chi connectivity index (χ3v) is 4.96. The lowest BCUT2D eigenvalue weighted by molar-refractivity contribution is 0.0729. The summed E-state index contributed by atoms with van der Waals surface area (Å²) in [5.41, 5.74) is 4.39. The second-order valence-electron chi connectivity index (χ2n) is 6.51. The predicted octanol–water partition coefficient (Wildman–Crippen LogP) is 4.98. The van der Waals surface area contributed by atoms with E-state index in [1.54, 1.807) is 0 Å². The van der Waals surface area contributed by atoms with Gasteiger partial charge in [-0.2, -0.15) is 0 Å². The van der Waals surface area contributed by atoms with Crippen molar-refractivity contribution in [1.29, 1.82) is 0 Å². The molecule has 0 bridgehead atoms. The molecule has 0 radical (unpaired) electrons. The largest absolute Gasteiger partial charge is 0.464 e. The molecule has 132 valence electrons. The van der Waals surface area contributed by atoms with Crippen molar-refractivity contribution in [2.75, 3.05) is 7.05 Å². The minimum Gasteiger partial charge on any atom is -0.464 e. The van der Waals surface area contributed by atoms with Crippen LogP contribution in [-0.2, 0) is 5.72 Å². The highest BCUT2D eigenvalue weighted by atomic mass is 16.5. The Balaban J connectivity index is 1.93. The van der Waals surface area contributed by atoms with Crippen molar-refractivity contribution >= 4 is 5.57 Å². The molecule has 1 aliphatic heterocycles. The highest BCUT2D eigenvalue weighted by Gasteiger charge is 2.40. The number of allylic oxidation sites excluding steroid dienone is 1. The Bertz CT molecular complexity index is 1040. The van der Waals surface area contributed by atoms with Gasteiger partial charge in [-0.3, -0.25) is 5.32 Å². The van der Waals surface area contributed by atoms with E-state index in [1.165, 1.54) is 0 Å². The summed E-state index contributed by atoms with van der Waals surface area (Å²) in [5, 5.41) is 3.40. The fraction of sp³-hybridized carbons (Fsp3) is 0.120. The fourth-order valence-electron chi connectivity index (χ4n) is 3.53. The third kappa shape index (κ3) is 3.03. The van der Waals surface area contributed by atoms with Gasteiger partial charge in [0.05, 0.1) is 0 Å². The highest BCUT2D eigenvalue weighted by molar-refractivity contribution is 5.87. The summed E-state index contributed by atoms with van der Waals surface area (Å²) >= 11 is 0. The summed E-state index contributed by atoms with van der Waals surface area (Å²) in [6.45, 7) is 2.09. The molecule has 1 atom stereocenters. The Morgan fingerprint density at radius 2 is 1.41 bits per heavy atom. The zero-order valence-corrected chi connectivity index (χ0v) is 15.5. The summed E-state index contributed by atoms with van der Waals surface area (Å²) in [5.74, 6) is 7.55. The Labute approximate surface area is 160 Å². The maximum atomic E-state index is 6.51. The SMILES string of the molecule is CNC1(c2ccccc2)Oc2ccccc2C(C#Cc2ccccc2)=C1C. The predicted molar refractivity (Wildman–Crippen MR) is 110 cm³/mol. The van der Waals surface area contributed by atoms with Crippen molar-refractivity contribution in [3.8, 4) is 17.6 Å². The number of nitrogens with one attached hydrogen (secondary N) is 1. The monoisotopic (exact) mass is 351 g/mol. The number of para-hydroxylation sites is 1. The van der Waals surface area contributed by atoms with Gasteiger partial charge in [-0.1, -0.05) is 72.5 Å². The van der Waals surface area contributed by atoms with Crippen LogP contribution >= 0.6 is 0 Å². The molecule has 27 heavy (non-hydrogen) atoms. The molecule has 1 unspecified atom stereocenters. The molecule has 2 heteroatoms. The molecule has 0 aromatic heterocycles. The molecule has 0 saturated heterocycles. The first kappa shape index (κ1) is 17.1. The van der Waals surface area contributed by atoms with E-state index >= 15 is 0 Å². The minimum absolute atomic E-state index is 0.740. The number of rotatable bonds is 2. The van der Waals surface area contributed by atoms with E-state index in [-0.39, 0.29) is 0 Å². The maximum absolute atomic E-state index is 6.51. The topological polar surface area (TPSA) is 21.3 Å². The molecular formula is C25H21NO. The van der Waals surface area contributed by atoms with Crippen LogP contribution in [-0.4, -0.2) is 7.05 Å². The highest BCUT2D eigenvalue weighted by Crippen LogP contribution is 2.44. The van der Waals surface area contributed by atoms with E-state index in [9.17, 15) is 0 Å². The smallest absolute Gasteiger partial charge is 0.210 e. The standard InChI is InChI=1S/C25H21NO/c1-19-22(18-17-20-11-5-3-6-12-20)23-15-9-10-16-24(23)27-25(19,26-2)21-13-7-4-8-14-21/h3-16,26H,1-2H3.